The lowest BCUT2D eigenvalue weighted by Gasteiger charge is -2.28. The maximum atomic E-state index is 10.5. The Morgan fingerprint density at radius 1 is 1.39 bits per heavy atom. The third-order valence-corrected chi connectivity index (χ3v) is 4.53. The summed E-state index contributed by atoms with van der Waals surface area (Å²) in [4.78, 5) is 4.40. The molecule has 0 saturated heterocycles. The molecule has 1 fully saturated rings. The van der Waals surface area contributed by atoms with Crippen molar-refractivity contribution in [2.24, 2.45) is 0 Å². The highest BCUT2D eigenvalue weighted by Gasteiger charge is 2.39. The van der Waals surface area contributed by atoms with E-state index in [0.717, 1.165) is 37.0 Å². The second kappa shape index (κ2) is 6.68. The molecule has 6 nitrogen and oxygen atoms in total. The monoisotopic (exact) mass is 317 g/mol. The van der Waals surface area contributed by atoms with E-state index in [1.807, 2.05) is 24.3 Å². The normalized spacial score (nSPS) is 18.0. The van der Waals surface area contributed by atoms with E-state index < -0.39 is 6.10 Å². The number of methoxy groups -OCH3 is 1. The molecule has 2 aromatic rings. The van der Waals surface area contributed by atoms with Gasteiger partial charge in [0.1, 0.15) is 5.75 Å². The summed E-state index contributed by atoms with van der Waals surface area (Å²) in [5, 5.41) is 18.1. The summed E-state index contributed by atoms with van der Waals surface area (Å²) in [6.07, 6.45) is 3.54. The van der Waals surface area contributed by atoms with Gasteiger partial charge in [0.05, 0.1) is 18.8 Å². The van der Waals surface area contributed by atoms with Gasteiger partial charge in [-0.15, -0.1) is 0 Å². The van der Waals surface area contributed by atoms with E-state index in [1.54, 1.807) is 14.0 Å². The minimum absolute atomic E-state index is 0.294. The summed E-state index contributed by atoms with van der Waals surface area (Å²) in [5.74, 6) is 2.01. The van der Waals surface area contributed by atoms with Crippen LogP contribution >= 0.6 is 0 Å². The molecule has 0 spiro atoms. The van der Waals surface area contributed by atoms with Crippen molar-refractivity contribution in [3.8, 4) is 5.75 Å². The predicted octanol–water partition coefficient (Wildman–Crippen LogP) is 2.48. The van der Waals surface area contributed by atoms with Crippen molar-refractivity contribution in [2.45, 2.75) is 44.2 Å². The van der Waals surface area contributed by atoms with Crippen molar-refractivity contribution in [1.29, 1.82) is 0 Å². The van der Waals surface area contributed by atoms with Crippen molar-refractivity contribution in [1.82, 2.24) is 15.5 Å². The fourth-order valence-electron chi connectivity index (χ4n) is 3.21. The number of rotatable bonds is 6. The van der Waals surface area contributed by atoms with Gasteiger partial charge < -0.3 is 19.7 Å². The SMILES string of the molecule is COc1cccc(C(O)CNC2(c3noc(C)n3)CCCC2)c1. The van der Waals surface area contributed by atoms with Crippen LogP contribution in [0.15, 0.2) is 28.8 Å². The topological polar surface area (TPSA) is 80.4 Å². The Balaban J connectivity index is 1.71. The molecular formula is C17H23N3O3. The van der Waals surface area contributed by atoms with Gasteiger partial charge in [0.2, 0.25) is 5.89 Å². The van der Waals surface area contributed by atoms with Crippen LogP contribution in [0.5, 0.6) is 5.75 Å². The van der Waals surface area contributed by atoms with Gasteiger partial charge in [0.15, 0.2) is 5.82 Å². The van der Waals surface area contributed by atoms with E-state index >= 15 is 0 Å². The van der Waals surface area contributed by atoms with Gasteiger partial charge in [0, 0.05) is 13.5 Å². The second-order valence-corrected chi connectivity index (χ2v) is 6.10. The molecule has 6 heteroatoms. The quantitative estimate of drug-likeness (QED) is 0.852. The molecule has 124 valence electrons. The van der Waals surface area contributed by atoms with Gasteiger partial charge >= 0.3 is 0 Å². The summed E-state index contributed by atoms with van der Waals surface area (Å²) in [6, 6.07) is 7.50. The molecule has 1 aromatic heterocycles. The Labute approximate surface area is 135 Å². The van der Waals surface area contributed by atoms with Crippen LogP contribution in [0, 0.1) is 6.92 Å². The maximum absolute atomic E-state index is 10.5. The standard InChI is InChI=1S/C17H23N3O3/c1-12-19-16(20-23-12)17(8-3-4-9-17)18-11-15(21)13-6-5-7-14(10-13)22-2/h5-7,10,15,18,21H,3-4,8-9,11H2,1-2H3. The first-order valence-electron chi connectivity index (χ1n) is 8.01. The van der Waals surface area contributed by atoms with Crippen LogP contribution in [0.25, 0.3) is 0 Å². The van der Waals surface area contributed by atoms with Crippen molar-refractivity contribution in [3.05, 3.63) is 41.5 Å². The summed E-state index contributed by atoms with van der Waals surface area (Å²) < 4.78 is 10.4. The van der Waals surface area contributed by atoms with Crippen molar-refractivity contribution >= 4 is 0 Å². The molecule has 1 saturated carbocycles. The van der Waals surface area contributed by atoms with E-state index in [4.69, 9.17) is 9.26 Å². The van der Waals surface area contributed by atoms with Crippen molar-refractivity contribution in [3.63, 3.8) is 0 Å². The van der Waals surface area contributed by atoms with Crippen LogP contribution in [-0.4, -0.2) is 28.9 Å². The Kier molecular flexibility index (Phi) is 4.63. The second-order valence-electron chi connectivity index (χ2n) is 6.10. The Hall–Kier alpha value is -1.92. The first-order valence-corrected chi connectivity index (χ1v) is 8.01. The molecule has 1 aromatic carbocycles. The van der Waals surface area contributed by atoms with Gasteiger partial charge in [-0.2, -0.15) is 4.98 Å². The minimum Gasteiger partial charge on any atom is -0.497 e. The lowest BCUT2D eigenvalue weighted by Crippen LogP contribution is -2.43. The summed E-state index contributed by atoms with van der Waals surface area (Å²) in [6.45, 7) is 2.23. The first-order chi connectivity index (χ1) is 11.1. The molecule has 1 aliphatic rings. The number of aryl methyl sites for hydroxylation is 1. The highest BCUT2D eigenvalue weighted by molar-refractivity contribution is 5.30. The number of hydrogen-bond acceptors (Lipinski definition) is 6. The van der Waals surface area contributed by atoms with E-state index in [0.29, 0.717) is 18.3 Å². The third kappa shape index (κ3) is 3.38. The number of nitrogens with zero attached hydrogens (tertiary/aromatic N) is 2. The van der Waals surface area contributed by atoms with E-state index in [1.165, 1.54) is 0 Å². The Morgan fingerprint density at radius 3 is 2.83 bits per heavy atom. The maximum Gasteiger partial charge on any atom is 0.223 e. The van der Waals surface area contributed by atoms with Crippen LogP contribution in [0.3, 0.4) is 0 Å². The highest BCUT2D eigenvalue weighted by Crippen LogP contribution is 2.37. The molecule has 1 aliphatic carbocycles. The number of aliphatic hydroxyl groups excluding tert-OH is 1. The summed E-state index contributed by atoms with van der Waals surface area (Å²) in [7, 11) is 1.62. The smallest absolute Gasteiger partial charge is 0.223 e. The lowest BCUT2D eigenvalue weighted by atomic mass is 9.95. The molecule has 0 bridgehead atoms. The van der Waals surface area contributed by atoms with Crippen molar-refractivity contribution < 1.29 is 14.4 Å². The third-order valence-electron chi connectivity index (χ3n) is 4.53. The van der Waals surface area contributed by atoms with Crippen LogP contribution < -0.4 is 10.1 Å². The van der Waals surface area contributed by atoms with E-state index in [-0.39, 0.29) is 5.54 Å². The van der Waals surface area contributed by atoms with Gasteiger partial charge in [-0.1, -0.05) is 30.1 Å². The van der Waals surface area contributed by atoms with Crippen LogP contribution in [0.2, 0.25) is 0 Å². The number of aromatic nitrogens is 2. The van der Waals surface area contributed by atoms with Crippen molar-refractivity contribution in [2.75, 3.05) is 13.7 Å². The van der Waals surface area contributed by atoms with Gasteiger partial charge in [-0.25, -0.2) is 0 Å². The summed E-state index contributed by atoms with van der Waals surface area (Å²) >= 11 is 0. The Bertz CT molecular complexity index is 650. The zero-order chi connectivity index (χ0) is 16.3. The Morgan fingerprint density at radius 2 is 2.17 bits per heavy atom. The molecule has 1 heterocycles. The molecular weight excluding hydrogens is 294 g/mol. The van der Waals surface area contributed by atoms with Crippen LogP contribution in [0.4, 0.5) is 0 Å². The lowest BCUT2D eigenvalue weighted by molar-refractivity contribution is 0.152. The number of nitrogens with one attached hydrogen (secondary N) is 1. The van der Waals surface area contributed by atoms with Gasteiger partial charge in [-0.3, -0.25) is 0 Å². The predicted molar refractivity (Wildman–Crippen MR) is 85.1 cm³/mol. The van der Waals surface area contributed by atoms with E-state index in [2.05, 4.69) is 15.5 Å². The van der Waals surface area contributed by atoms with Gasteiger partial charge in [-0.05, 0) is 30.5 Å². The number of aliphatic hydroxyl groups is 1. The molecule has 23 heavy (non-hydrogen) atoms. The first kappa shape index (κ1) is 16.0. The van der Waals surface area contributed by atoms with Crippen LogP contribution in [-0.2, 0) is 5.54 Å². The number of ether oxygens (including phenoxy) is 1. The average molecular weight is 317 g/mol. The molecule has 0 amide bonds. The fraction of sp³-hybridized carbons (Fsp3) is 0.529. The molecule has 0 aliphatic heterocycles. The number of hydrogen-bond donors (Lipinski definition) is 2. The zero-order valence-electron chi connectivity index (χ0n) is 13.6. The minimum atomic E-state index is -0.615. The zero-order valence-corrected chi connectivity index (χ0v) is 13.6. The summed E-state index contributed by atoms with van der Waals surface area (Å²) in [5.41, 5.74) is 0.534. The average Bonchev–Trinajstić information content (AvgIpc) is 3.22. The number of benzene rings is 1. The van der Waals surface area contributed by atoms with Gasteiger partial charge in [0.25, 0.3) is 0 Å². The highest BCUT2D eigenvalue weighted by atomic mass is 16.5. The molecule has 3 rings (SSSR count). The molecule has 0 radical (unpaired) electrons. The largest absolute Gasteiger partial charge is 0.497 e. The van der Waals surface area contributed by atoms with Crippen LogP contribution in [0.1, 0.15) is 49.1 Å². The molecule has 2 N–H and O–H groups in total. The molecule has 1 atom stereocenters. The van der Waals surface area contributed by atoms with E-state index in [9.17, 15) is 5.11 Å². The molecule has 1 unspecified atom stereocenters. The fourth-order valence-corrected chi connectivity index (χ4v) is 3.21.